The van der Waals surface area contributed by atoms with Crippen molar-refractivity contribution in [1.82, 2.24) is 45.8 Å². The molecular weight excluding hydrogens is 1350 g/mol. The van der Waals surface area contributed by atoms with E-state index in [0.29, 0.717) is 31.1 Å². The van der Waals surface area contributed by atoms with Crippen molar-refractivity contribution in [2.45, 2.75) is 56.3 Å². The van der Waals surface area contributed by atoms with Crippen LogP contribution in [0.25, 0.3) is 10.9 Å². The van der Waals surface area contributed by atoms with Crippen LogP contribution in [-0.2, 0) is 57.2 Å². The first kappa shape index (κ1) is 80.7. The lowest BCUT2D eigenvalue weighted by Gasteiger charge is -2.45. The van der Waals surface area contributed by atoms with Crippen LogP contribution in [0.3, 0.4) is 0 Å². The molecule has 18 N–H and O–H groups in total. The van der Waals surface area contributed by atoms with Crippen LogP contribution in [0.4, 0.5) is 5.95 Å². The molecule has 1 saturated heterocycles. The molecule has 546 valence electrons. The normalized spacial score (nSPS) is 20.7. The number of aryl methyl sites for hydroxylation is 3. The van der Waals surface area contributed by atoms with Crippen LogP contribution in [0.2, 0.25) is 0 Å². The Morgan fingerprint density at radius 2 is 1.20 bits per heavy atom. The van der Waals surface area contributed by atoms with Crippen molar-refractivity contribution in [1.29, 1.82) is 0 Å². The molecular formula is C59H94N14O22S3+4. The molecule has 5 amide bonds. The van der Waals surface area contributed by atoms with Crippen LogP contribution >= 0.6 is 21.7 Å². The number of hydrogen-bond acceptors (Lipinski definition) is 21. The number of hydrogen-bond donors (Lipinski definition) is 18. The van der Waals surface area contributed by atoms with Gasteiger partial charge in [0.1, 0.15) is 94.1 Å². The average molecular weight is 1450 g/mol. The Balaban J connectivity index is 1.14. The summed E-state index contributed by atoms with van der Waals surface area (Å²) in [6.07, 6.45) is 4.50. The largest absolute Gasteiger partial charge is 0.507 e. The highest BCUT2D eigenvalue weighted by molar-refractivity contribution is 8.19. The number of imidazole rings is 1. The van der Waals surface area contributed by atoms with Crippen LogP contribution < -0.4 is 46.8 Å². The Labute approximate surface area is 569 Å². The summed E-state index contributed by atoms with van der Waals surface area (Å²) in [5.74, 6) is -10.6. The number of carboxylic acids is 3. The molecule has 0 bridgehead atoms. The first-order chi connectivity index (χ1) is 45.4. The van der Waals surface area contributed by atoms with E-state index >= 15 is 0 Å². The van der Waals surface area contributed by atoms with E-state index in [4.69, 9.17) is 4.74 Å². The molecule has 5 rings (SSSR count). The van der Waals surface area contributed by atoms with Crippen molar-refractivity contribution in [3.8, 4) is 5.75 Å². The number of likely N-dealkylation sites (N-methyl/N-ethyl adjacent to an activating group) is 4. The van der Waals surface area contributed by atoms with E-state index in [1.165, 1.54) is 32.2 Å². The third kappa shape index (κ3) is 25.7. The summed E-state index contributed by atoms with van der Waals surface area (Å²) in [4.78, 5) is 125. The molecule has 1 aliphatic heterocycles. The number of carbonyl (C=O) groups excluding carboxylic acids is 5. The zero-order chi connectivity index (χ0) is 73.4. The van der Waals surface area contributed by atoms with Crippen LogP contribution in [0.5, 0.6) is 5.75 Å². The van der Waals surface area contributed by atoms with E-state index in [-0.39, 0.29) is 148 Å². The van der Waals surface area contributed by atoms with Gasteiger partial charge in [0.2, 0.25) is 33.2 Å². The standard InChI is InChI=1S/C59H90N14O22S3/c1-38-26-42(27-39(2)54(38)98(93,94)68-45(58(85)86)30-64-55(82)44-31-69(4)48-28-41(11-12-43(48)53(44)81)29-65-59-62-15-16-63-59)95-25-9-10-49(75)60-13-14-61-56(83)46(36-96(87,88)89)67-57(84)47(37-97(90,91)92)66-50(76)33-71(6)19-23-72(7,34-51(77)78)21-17-70(5,32-40(3)74)18-22-73(8,24-20-71)35-52(79)80/h11-12,15-16,26-28,31,45-47,68H,3,9-10,13-14,17-25,29-30,32-37H2,1-2,4-8H3,(H13-4,60,61,62,63,64,65,66,67,74,75,76,77,78,79,80,82,83,84,85,86,87,88,89,90,91,92)/p+4/t45?,46-,47-,70?,71?,72?,73?/m0/s1. The Morgan fingerprint density at radius 3 is 1.70 bits per heavy atom. The number of carbonyl (C=O) groups is 8. The number of benzene rings is 2. The summed E-state index contributed by atoms with van der Waals surface area (Å²) in [7, 11) is -5.19. The van der Waals surface area contributed by atoms with Crippen molar-refractivity contribution < 1.29 is 117 Å². The fraction of sp³-hybridized carbons (Fsp3) is 0.525. The molecule has 0 aliphatic carbocycles. The summed E-state index contributed by atoms with van der Waals surface area (Å²) >= 11 is 0. The Morgan fingerprint density at radius 1 is 0.684 bits per heavy atom. The van der Waals surface area contributed by atoms with Crippen molar-refractivity contribution >= 4 is 96.1 Å². The number of aromatic nitrogens is 3. The van der Waals surface area contributed by atoms with E-state index in [2.05, 4.69) is 53.2 Å². The Bertz CT molecular complexity index is 3670. The van der Waals surface area contributed by atoms with E-state index in [9.17, 15) is 99.3 Å². The van der Waals surface area contributed by atoms with Crippen LogP contribution in [-0.4, -0.2) is 299 Å². The number of nitrogens with zero attached hydrogens (tertiary/aromatic N) is 6. The monoisotopic (exact) mass is 1450 g/mol. The number of rotatable bonds is 34. The van der Waals surface area contributed by atoms with E-state index in [1.807, 2.05) is 7.05 Å². The number of nitrogens with one attached hydrogen (secondary N) is 8. The first-order valence-corrected chi connectivity index (χ1v) is 35.6. The number of quaternary nitrogens is 4. The van der Waals surface area contributed by atoms with Gasteiger partial charge in [0.25, 0.3) is 11.8 Å². The van der Waals surface area contributed by atoms with Gasteiger partial charge in [0.15, 0.2) is 25.6 Å². The summed E-state index contributed by atoms with van der Waals surface area (Å²) in [5, 5.41) is 55.2. The molecule has 4 aromatic rings. The molecule has 0 radical (unpaired) electrons. The SMILES string of the molecule is C=C(O)C[N+]1(C)CC[N+](C)(CC(=O)O)CC[N+](C)(CC(=O)N[C@@H](CS(O)(O)O)C(=O)N[C@@H](CS(O)(O)O)C(=O)NCCNC(=O)CCCOc2cc(C)c(S(=O)(=O)NC(CNC(=O)c3cn(C)c4cc(CNc5ncc[nH]5)ccc4c3=O)C(=O)O)c(C)c2)CC[N+](C)(CC(=O)O)CC1. The molecule has 3 unspecified atom stereocenters. The second kappa shape index (κ2) is 34.2. The molecule has 1 fully saturated rings. The maximum Gasteiger partial charge on any atom is 0.359 e. The minimum atomic E-state index is -4.60. The number of aliphatic hydroxyl groups excluding tert-OH is 1. The number of amides is 5. The van der Waals surface area contributed by atoms with Gasteiger partial charge in [0, 0.05) is 63.6 Å². The van der Waals surface area contributed by atoms with Gasteiger partial charge in [-0.25, -0.2) is 23.0 Å². The summed E-state index contributed by atoms with van der Waals surface area (Å²) < 4.78 is 97.2. The van der Waals surface area contributed by atoms with Gasteiger partial charge >= 0.3 is 17.9 Å². The van der Waals surface area contributed by atoms with E-state index < -0.39 is 127 Å². The first-order valence-electron chi connectivity index (χ1n) is 30.8. The van der Waals surface area contributed by atoms with Crippen LogP contribution in [0.15, 0.2) is 71.0 Å². The number of aliphatic carboxylic acids is 3. The number of aromatic amines is 1. The molecule has 36 nitrogen and oxygen atoms in total. The zero-order valence-corrected chi connectivity index (χ0v) is 58.1. The van der Waals surface area contributed by atoms with Crippen molar-refractivity contribution in [2.24, 2.45) is 7.05 Å². The number of ether oxygens (including phenoxy) is 1. The molecule has 2 aromatic heterocycles. The highest BCUT2D eigenvalue weighted by Crippen LogP contribution is 2.35. The summed E-state index contributed by atoms with van der Waals surface area (Å²) in [6, 6.07) is 1.86. The van der Waals surface area contributed by atoms with Crippen LogP contribution in [0.1, 0.15) is 39.9 Å². The zero-order valence-electron chi connectivity index (χ0n) is 55.7. The maximum absolute atomic E-state index is 14.0. The average Bonchev–Trinajstić information content (AvgIpc) is 0.822. The van der Waals surface area contributed by atoms with Gasteiger partial charge in [-0.3, -0.25) is 33.6 Å². The quantitative estimate of drug-likeness (QED) is 0.0159. The minimum absolute atomic E-state index is 0.0314. The summed E-state index contributed by atoms with van der Waals surface area (Å²) in [5.41, 5.74) is 0.667. The van der Waals surface area contributed by atoms with E-state index in [1.54, 1.807) is 63.4 Å². The number of H-pyrrole nitrogens is 1. The van der Waals surface area contributed by atoms with Crippen LogP contribution in [0, 0.1) is 13.8 Å². The molecule has 39 heteroatoms. The molecule has 1 aliphatic rings. The predicted molar refractivity (Wildman–Crippen MR) is 361 cm³/mol. The number of pyridine rings is 1. The van der Waals surface area contributed by atoms with Gasteiger partial charge in [-0.05, 0) is 61.2 Å². The van der Waals surface area contributed by atoms with Crippen molar-refractivity contribution in [3.63, 3.8) is 0 Å². The third-order valence-corrected chi connectivity index (χ3v) is 20.0. The van der Waals surface area contributed by atoms with Crippen molar-refractivity contribution in [2.75, 3.05) is 150 Å². The van der Waals surface area contributed by atoms with Gasteiger partial charge in [-0.1, -0.05) is 12.6 Å². The van der Waals surface area contributed by atoms with Gasteiger partial charge in [-0.15, -0.1) is 0 Å². The number of carboxylic acid groups (broad SMARTS) is 3. The topological polar surface area (TPSA) is 517 Å². The number of anilines is 1. The lowest BCUT2D eigenvalue weighted by atomic mass is 10.1. The molecule has 0 spiro atoms. The fourth-order valence-electron chi connectivity index (χ4n) is 11.3. The van der Waals surface area contributed by atoms with Gasteiger partial charge in [-0.2, -0.15) is 4.72 Å². The van der Waals surface area contributed by atoms with Crippen molar-refractivity contribution in [3.05, 3.63) is 93.7 Å². The highest BCUT2D eigenvalue weighted by Gasteiger charge is 2.42. The van der Waals surface area contributed by atoms with Gasteiger partial charge < -0.3 is 112 Å². The second-order valence-corrected chi connectivity index (χ2v) is 30.7. The summed E-state index contributed by atoms with van der Waals surface area (Å²) in [6.45, 7) is 6.26. The van der Waals surface area contributed by atoms with Gasteiger partial charge in [0.05, 0.1) is 78.5 Å². The maximum atomic E-state index is 14.0. The third-order valence-electron chi connectivity index (χ3n) is 16.7. The minimum Gasteiger partial charge on any atom is -0.507 e. The molecule has 3 heterocycles. The number of aliphatic hydroxyl groups is 1. The highest BCUT2D eigenvalue weighted by atomic mass is 32.3. The van der Waals surface area contributed by atoms with E-state index in [0.717, 1.165) is 5.56 Å². The lowest BCUT2D eigenvalue weighted by Crippen LogP contribution is -2.66. The lowest BCUT2D eigenvalue weighted by molar-refractivity contribution is -1.01. The molecule has 0 saturated carbocycles. The number of sulfonamides is 1. The second-order valence-electron chi connectivity index (χ2n) is 25.9. The Hall–Kier alpha value is -8.03. The predicted octanol–water partition coefficient (Wildman–Crippen LogP) is -0.499. The smallest absolute Gasteiger partial charge is 0.359 e. The number of fused-ring (bicyclic) bond motifs is 1. The molecule has 98 heavy (non-hydrogen) atoms. The molecule has 5 atom stereocenters. The molecule has 2 aromatic carbocycles. The fourth-order valence-corrected chi connectivity index (χ4v) is 14.3. The Kier molecular flexibility index (Phi) is 28.1.